The van der Waals surface area contributed by atoms with Gasteiger partial charge in [-0.05, 0) is 34.4 Å². The van der Waals surface area contributed by atoms with Crippen molar-refractivity contribution in [3.05, 3.63) is 101 Å². The summed E-state index contributed by atoms with van der Waals surface area (Å²) in [5, 5.41) is 6.67. The molecule has 0 aliphatic rings. The topological polar surface area (TPSA) is 54.9 Å². The quantitative estimate of drug-likeness (QED) is 0.414. The van der Waals surface area contributed by atoms with E-state index in [1.807, 2.05) is 36.4 Å². The first-order valence-electron chi connectivity index (χ1n) is 10.0. The highest BCUT2D eigenvalue weighted by Gasteiger charge is 2.01. The molecule has 0 atom stereocenters. The Bertz CT molecular complexity index is 925. The Morgan fingerprint density at radius 1 is 0.733 bits per heavy atom. The molecule has 0 unspecified atom stereocenters. The van der Waals surface area contributed by atoms with Crippen molar-refractivity contribution in [3.8, 4) is 5.75 Å². The summed E-state index contributed by atoms with van der Waals surface area (Å²) in [5.74, 6) is 1.61. The van der Waals surface area contributed by atoms with Crippen LogP contribution in [0.5, 0.6) is 5.75 Å². The number of nitrogens with one attached hydrogen (secondary N) is 2. The average molecular weight is 404 g/mol. The van der Waals surface area contributed by atoms with E-state index in [2.05, 4.69) is 58.1 Å². The SMILES string of the molecule is CN=C(NCc1ccc(COCc2ccccc2)cc1)NCc1cccc(OC)c1. The summed E-state index contributed by atoms with van der Waals surface area (Å²) in [5.41, 5.74) is 4.67. The van der Waals surface area contributed by atoms with Gasteiger partial charge in [0.2, 0.25) is 0 Å². The molecule has 5 heteroatoms. The first-order valence-corrected chi connectivity index (χ1v) is 10.0. The van der Waals surface area contributed by atoms with Crippen LogP contribution in [0, 0.1) is 0 Å². The average Bonchev–Trinajstić information content (AvgIpc) is 2.81. The van der Waals surface area contributed by atoms with Crippen LogP contribution < -0.4 is 15.4 Å². The van der Waals surface area contributed by atoms with Gasteiger partial charge in [0.05, 0.1) is 20.3 Å². The predicted molar refractivity (Wildman–Crippen MR) is 121 cm³/mol. The van der Waals surface area contributed by atoms with Crippen molar-refractivity contribution in [2.75, 3.05) is 14.2 Å². The summed E-state index contributed by atoms with van der Waals surface area (Å²) in [6.45, 7) is 2.60. The highest BCUT2D eigenvalue weighted by atomic mass is 16.5. The third-order valence-electron chi connectivity index (χ3n) is 4.68. The fraction of sp³-hybridized carbons (Fsp3) is 0.240. The number of aliphatic imine (C=N–C) groups is 1. The summed E-state index contributed by atoms with van der Waals surface area (Å²) < 4.78 is 11.1. The number of benzene rings is 3. The molecule has 0 amide bonds. The summed E-state index contributed by atoms with van der Waals surface area (Å²) in [6, 6.07) is 26.6. The summed E-state index contributed by atoms with van der Waals surface area (Å²) in [6.07, 6.45) is 0. The molecule has 0 spiro atoms. The number of hydrogen-bond acceptors (Lipinski definition) is 3. The second-order valence-corrected chi connectivity index (χ2v) is 6.93. The fourth-order valence-corrected chi connectivity index (χ4v) is 2.99. The molecule has 0 bridgehead atoms. The fourth-order valence-electron chi connectivity index (χ4n) is 2.99. The molecule has 3 rings (SSSR count). The maximum atomic E-state index is 5.80. The van der Waals surface area contributed by atoms with Gasteiger partial charge >= 0.3 is 0 Å². The Hall–Kier alpha value is -3.31. The lowest BCUT2D eigenvalue weighted by atomic mass is 10.1. The normalized spacial score (nSPS) is 11.2. The zero-order valence-corrected chi connectivity index (χ0v) is 17.6. The molecular weight excluding hydrogens is 374 g/mol. The van der Waals surface area contributed by atoms with E-state index >= 15 is 0 Å². The number of hydrogen-bond donors (Lipinski definition) is 2. The summed E-state index contributed by atoms with van der Waals surface area (Å²) >= 11 is 0. The zero-order chi connectivity index (χ0) is 21.0. The molecule has 30 heavy (non-hydrogen) atoms. The Labute approximate surface area is 178 Å². The van der Waals surface area contributed by atoms with E-state index in [9.17, 15) is 0 Å². The van der Waals surface area contributed by atoms with Crippen LogP contribution in [-0.2, 0) is 31.0 Å². The van der Waals surface area contributed by atoms with E-state index in [1.165, 1.54) is 11.1 Å². The minimum Gasteiger partial charge on any atom is -0.497 e. The van der Waals surface area contributed by atoms with Gasteiger partial charge < -0.3 is 20.1 Å². The van der Waals surface area contributed by atoms with E-state index in [1.54, 1.807) is 14.2 Å². The lowest BCUT2D eigenvalue weighted by molar-refractivity contribution is 0.107. The smallest absolute Gasteiger partial charge is 0.191 e. The first kappa shape index (κ1) is 21.4. The van der Waals surface area contributed by atoms with Gasteiger partial charge in [-0.25, -0.2) is 0 Å². The standard InChI is InChI=1S/C25H29N3O2/c1-26-25(28-17-23-9-6-10-24(15-23)29-2)27-16-20-11-13-22(14-12-20)19-30-18-21-7-4-3-5-8-21/h3-15H,16-19H2,1-2H3,(H2,26,27,28). The van der Waals surface area contributed by atoms with Crippen LogP contribution in [0.25, 0.3) is 0 Å². The van der Waals surface area contributed by atoms with Crippen molar-refractivity contribution in [2.45, 2.75) is 26.3 Å². The van der Waals surface area contributed by atoms with E-state index in [0.29, 0.717) is 26.3 Å². The van der Waals surface area contributed by atoms with E-state index < -0.39 is 0 Å². The maximum absolute atomic E-state index is 5.80. The van der Waals surface area contributed by atoms with E-state index in [4.69, 9.17) is 9.47 Å². The molecule has 0 aliphatic heterocycles. The van der Waals surface area contributed by atoms with Gasteiger partial charge in [0.15, 0.2) is 5.96 Å². The van der Waals surface area contributed by atoms with E-state index in [-0.39, 0.29) is 0 Å². The Balaban J connectivity index is 1.41. The Morgan fingerprint density at radius 2 is 1.33 bits per heavy atom. The van der Waals surface area contributed by atoms with Gasteiger partial charge in [0, 0.05) is 20.1 Å². The molecule has 0 heterocycles. The van der Waals surface area contributed by atoms with Crippen molar-refractivity contribution < 1.29 is 9.47 Å². The van der Waals surface area contributed by atoms with Crippen LogP contribution in [0.4, 0.5) is 0 Å². The third kappa shape index (κ3) is 6.94. The number of guanidine groups is 1. The highest BCUT2D eigenvalue weighted by molar-refractivity contribution is 5.79. The zero-order valence-electron chi connectivity index (χ0n) is 17.6. The van der Waals surface area contributed by atoms with Crippen LogP contribution in [-0.4, -0.2) is 20.1 Å². The summed E-state index contributed by atoms with van der Waals surface area (Å²) in [4.78, 5) is 4.29. The molecule has 3 aromatic carbocycles. The van der Waals surface area contributed by atoms with Crippen molar-refractivity contribution in [3.63, 3.8) is 0 Å². The van der Waals surface area contributed by atoms with Crippen LogP contribution in [0.1, 0.15) is 22.3 Å². The van der Waals surface area contributed by atoms with Crippen molar-refractivity contribution >= 4 is 5.96 Å². The molecule has 2 N–H and O–H groups in total. The van der Waals surface area contributed by atoms with Crippen molar-refractivity contribution in [1.82, 2.24) is 10.6 Å². The molecule has 0 aliphatic carbocycles. The molecule has 156 valence electrons. The van der Waals surface area contributed by atoms with Crippen molar-refractivity contribution in [2.24, 2.45) is 4.99 Å². The molecule has 0 aromatic heterocycles. The van der Waals surface area contributed by atoms with Crippen LogP contribution in [0.15, 0.2) is 83.9 Å². The van der Waals surface area contributed by atoms with Gasteiger partial charge in [-0.3, -0.25) is 4.99 Å². The van der Waals surface area contributed by atoms with Crippen LogP contribution >= 0.6 is 0 Å². The Morgan fingerprint density at radius 3 is 2.00 bits per heavy atom. The van der Waals surface area contributed by atoms with Crippen LogP contribution in [0.2, 0.25) is 0 Å². The highest BCUT2D eigenvalue weighted by Crippen LogP contribution is 2.12. The predicted octanol–water partition coefficient (Wildman–Crippen LogP) is 4.28. The van der Waals surface area contributed by atoms with Gasteiger partial charge in [0.1, 0.15) is 5.75 Å². The minimum atomic E-state index is 0.604. The number of ether oxygens (including phenoxy) is 2. The summed E-state index contributed by atoms with van der Waals surface area (Å²) in [7, 11) is 3.45. The van der Waals surface area contributed by atoms with Gasteiger partial charge in [0.25, 0.3) is 0 Å². The molecule has 3 aromatic rings. The van der Waals surface area contributed by atoms with Gasteiger partial charge in [-0.15, -0.1) is 0 Å². The van der Waals surface area contributed by atoms with Crippen LogP contribution in [0.3, 0.4) is 0 Å². The monoisotopic (exact) mass is 403 g/mol. The van der Waals surface area contributed by atoms with Gasteiger partial charge in [-0.1, -0.05) is 66.7 Å². The molecule has 0 radical (unpaired) electrons. The molecule has 0 saturated carbocycles. The number of methoxy groups -OCH3 is 1. The Kier molecular flexibility index (Phi) is 8.30. The lowest BCUT2D eigenvalue weighted by Gasteiger charge is -2.13. The van der Waals surface area contributed by atoms with Gasteiger partial charge in [-0.2, -0.15) is 0 Å². The molecule has 0 fully saturated rings. The van der Waals surface area contributed by atoms with E-state index in [0.717, 1.165) is 22.8 Å². The molecule has 0 saturated heterocycles. The van der Waals surface area contributed by atoms with Crippen molar-refractivity contribution in [1.29, 1.82) is 0 Å². The second-order valence-electron chi connectivity index (χ2n) is 6.93. The number of nitrogens with zero attached hydrogens (tertiary/aromatic N) is 1. The maximum Gasteiger partial charge on any atom is 0.191 e. The largest absolute Gasteiger partial charge is 0.497 e. The first-order chi connectivity index (χ1) is 14.8. The second kappa shape index (κ2) is 11.6. The molecule has 5 nitrogen and oxygen atoms in total. The minimum absolute atomic E-state index is 0.604. The molecular formula is C25H29N3O2. The lowest BCUT2D eigenvalue weighted by Crippen LogP contribution is -2.36. The third-order valence-corrected chi connectivity index (χ3v) is 4.68. The number of rotatable bonds is 9.